The van der Waals surface area contributed by atoms with Crippen LogP contribution in [0.3, 0.4) is 0 Å². The molecule has 0 saturated carbocycles. The minimum absolute atomic E-state index is 0.268. The Morgan fingerprint density at radius 3 is 2.37 bits per heavy atom. The number of nitrogens with one attached hydrogen (secondary N) is 1. The summed E-state index contributed by atoms with van der Waals surface area (Å²) in [4.78, 5) is 8.04. The number of hydrogen-bond donors (Lipinski definition) is 2. The third kappa shape index (κ3) is 3.41. The highest BCUT2D eigenvalue weighted by Gasteiger charge is 2.29. The molecule has 0 aliphatic rings. The number of anilines is 2. The second-order valence-electron chi connectivity index (χ2n) is 3.78. The number of benzene rings is 1. The lowest BCUT2D eigenvalue weighted by Gasteiger charge is -2.09. The molecule has 0 fully saturated rings. The monoisotopic (exact) mass is 268 g/mol. The van der Waals surface area contributed by atoms with E-state index in [9.17, 15) is 13.2 Å². The Hall–Kier alpha value is -2.15. The normalized spacial score (nSPS) is 11.4. The van der Waals surface area contributed by atoms with E-state index < -0.39 is 11.7 Å². The summed E-state index contributed by atoms with van der Waals surface area (Å²) in [5.74, 6) is 0.294. The fraction of sp³-hybridized carbons (Fsp3) is 0.167. The molecule has 3 N–H and O–H groups in total. The highest BCUT2D eigenvalue weighted by molar-refractivity contribution is 5.53. The molecule has 4 nitrogen and oxygen atoms in total. The third-order valence-electron chi connectivity index (χ3n) is 2.39. The molecule has 0 aliphatic carbocycles. The predicted molar refractivity (Wildman–Crippen MR) is 64.7 cm³/mol. The van der Waals surface area contributed by atoms with E-state index in [0.29, 0.717) is 17.3 Å². The highest BCUT2D eigenvalue weighted by Crippen LogP contribution is 2.30. The first-order valence-electron chi connectivity index (χ1n) is 5.45. The molecular formula is C12H11F3N4. The minimum atomic E-state index is -4.34. The van der Waals surface area contributed by atoms with Crippen LogP contribution in [0.25, 0.3) is 0 Å². The topological polar surface area (TPSA) is 63.8 Å². The first kappa shape index (κ1) is 13.3. The maximum Gasteiger partial charge on any atom is 0.416 e. The quantitative estimate of drug-likeness (QED) is 0.898. The Morgan fingerprint density at radius 2 is 1.79 bits per heavy atom. The zero-order valence-corrected chi connectivity index (χ0v) is 9.78. The summed E-state index contributed by atoms with van der Waals surface area (Å²) in [6.45, 7) is 0.268. The van der Waals surface area contributed by atoms with Crippen LogP contribution in [0, 0.1) is 0 Å². The molecule has 0 spiro atoms. The van der Waals surface area contributed by atoms with Crippen LogP contribution in [-0.2, 0) is 12.7 Å². The van der Waals surface area contributed by atoms with Crippen molar-refractivity contribution >= 4 is 11.6 Å². The number of aromatic nitrogens is 2. The van der Waals surface area contributed by atoms with Gasteiger partial charge in [0, 0.05) is 18.4 Å². The number of hydrogen-bond acceptors (Lipinski definition) is 4. The van der Waals surface area contributed by atoms with Gasteiger partial charge >= 0.3 is 6.18 Å². The van der Waals surface area contributed by atoms with Gasteiger partial charge in [0.25, 0.3) is 0 Å². The molecule has 0 amide bonds. The van der Waals surface area contributed by atoms with E-state index in [1.165, 1.54) is 18.3 Å². The van der Waals surface area contributed by atoms with Gasteiger partial charge < -0.3 is 11.1 Å². The second kappa shape index (κ2) is 5.23. The van der Waals surface area contributed by atoms with Gasteiger partial charge in [-0.3, -0.25) is 0 Å². The molecule has 2 rings (SSSR count). The molecule has 2 aromatic rings. The molecule has 0 radical (unpaired) electrons. The number of nitrogens with zero attached hydrogens (tertiary/aromatic N) is 2. The average molecular weight is 268 g/mol. The van der Waals surface area contributed by atoms with Crippen molar-refractivity contribution in [2.75, 3.05) is 5.32 Å². The van der Waals surface area contributed by atoms with Gasteiger partial charge in [0.05, 0.1) is 11.3 Å². The van der Waals surface area contributed by atoms with E-state index in [1.807, 2.05) is 0 Å². The van der Waals surface area contributed by atoms with Gasteiger partial charge in [0.1, 0.15) is 0 Å². The number of rotatable bonds is 3. The maximum absolute atomic E-state index is 12.4. The van der Waals surface area contributed by atoms with Crippen molar-refractivity contribution in [2.24, 2.45) is 5.73 Å². The van der Waals surface area contributed by atoms with Gasteiger partial charge in [0.15, 0.2) is 0 Å². The van der Waals surface area contributed by atoms with Gasteiger partial charge in [0.2, 0.25) is 5.95 Å². The third-order valence-corrected chi connectivity index (χ3v) is 2.39. The zero-order valence-electron chi connectivity index (χ0n) is 9.78. The standard InChI is InChI=1S/C12H11F3N4/c13-12(14,15)8-1-3-9(4-2-8)18-11-17-6-5-10(7-16)19-11/h1-6H,7,16H2,(H,17,18,19). The fourth-order valence-electron chi connectivity index (χ4n) is 1.44. The zero-order chi connectivity index (χ0) is 13.9. The van der Waals surface area contributed by atoms with Crippen LogP contribution in [0.1, 0.15) is 11.3 Å². The smallest absolute Gasteiger partial charge is 0.325 e. The van der Waals surface area contributed by atoms with Crippen molar-refractivity contribution in [1.82, 2.24) is 9.97 Å². The van der Waals surface area contributed by atoms with E-state index >= 15 is 0 Å². The Bertz CT molecular complexity index is 552. The SMILES string of the molecule is NCc1ccnc(Nc2ccc(C(F)(F)F)cc2)n1. The van der Waals surface area contributed by atoms with Crippen molar-refractivity contribution in [3.8, 4) is 0 Å². The number of halogens is 3. The highest BCUT2D eigenvalue weighted by atomic mass is 19.4. The van der Waals surface area contributed by atoms with E-state index in [0.717, 1.165) is 12.1 Å². The molecular weight excluding hydrogens is 257 g/mol. The first-order chi connectivity index (χ1) is 8.99. The van der Waals surface area contributed by atoms with Crippen LogP contribution in [0.5, 0.6) is 0 Å². The van der Waals surface area contributed by atoms with Crippen LogP contribution in [-0.4, -0.2) is 9.97 Å². The van der Waals surface area contributed by atoms with Gasteiger partial charge in [-0.25, -0.2) is 9.97 Å². The predicted octanol–water partition coefficient (Wildman–Crippen LogP) is 2.70. The molecule has 0 atom stereocenters. The molecule has 1 heterocycles. The fourth-order valence-corrected chi connectivity index (χ4v) is 1.44. The molecule has 0 unspecified atom stereocenters. The number of alkyl halides is 3. The molecule has 0 saturated heterocycles. The summed E-state index contributed by atoms with van der Waals surface area (Å²) in [7, 11) is 0. The van der Waals surface area contributed by atoms with E-state index in [1.54, 1.807) is 6.07 Å². The Labute approximate surface area is 107 Å². The van der Waals surface area contributed by atoms with Crippen molar-refractivity contribution in [2.45, 2.75) is 12.7 Å². The number of nitrogens with two attached hydrogens (primary N) is 1. The lowest BCUT2D eigenvalue weighted by molar-refractivity contribution is -0.137. The van der Waals surface area contributed by atoms with Crippen LogP contribution >= 0.6 is 0 Å². The summed E-state index contributed by atoms with van der Waals surface area (Å²) in [5.41, 5.74) is 5.85. The Balaban J connectivity index is 2.15. The van der Waals surface area contributed by atoms with Gasteiger partial charge in [-0.05, 0) is 30.3 Å². The van der Waals surface area contributed by atoms with E-state index in [2.05, 4.69) is 15.3 Å². The molecule has 19 heavy (non-hydrogen) atoms. The van der Waals surface area contributed by atoms with Crippen molar-refractivity contribution < 1.29 is 13.2 Å². The lowest BCUT2D eigenvalue weighted by atomic mass is 10.2. The summed E-state index contributed by atoms with van der Waals surface area (Å²) in [5, 5.41) is 2.81. The van der Waals surface area contributed by atoms with E-state index in [-0.39, 0.29) is 6.54 Å². The molecule has 1 aromatic heterocycles. The maximum atomic E-state index is 12.4. The molecule has 0 aliphatic heterocycles. The largest absolute Gasteiger partial charge is 0.416 e. The summed E-state index contributed by atoms with van der Waals surface area (Å²) >= 11 is 0. The Kier molecular flexibility index (Phi) is 3.66. The molecule has 100 valence electrons. The van der Waals surface area contributed by atoms with Crippen LogP contribution in [0.15, 0.2) is 36.5 Å². The van der Waals surface area contributed by atoms with Gasteiger partial charge in [-0.2, -0.15) is 13.2 Å². The van der Waals surface area contributed by atoms with Gasteiger partial charge in [-0.15, -0.1) is 0 Å². The van der Waals surface area contributed by atoms with Gasteiger partial charge in [-0.1, -0.05) is 0 Å². The van der Waals surface area contributed by atoms with Crippen LogP contribution in [0.2, 0.25) is 0 Å². The lowest BCUT2D eigenvalue weighted by Crippen LogP contribution is -2.05. The second-order valence-corrected chi connectivity index (χ2v) is 3.78. The summed E-state index contributed by atoms with van der Waals surface area (Å²) in [6, 6.07) is 6.30. The van der Waals surface area contributed by atoms with Crippen LogP contribution < -0.4 is 11.1 Å². The van der Waals surface area contributed by atoms with Crippen LogP contribution in [0.4, 0.5) is 24.8 Å². The summed E-state index contributed by atoms with van der Waals surface area (Å²) in [6.07, 6.45) is -2.81. The van der Waals surface area contributed by atoms with Crippen molar-refractivity contribution in [1.29, 1.82) is 0 Å². The molecule has 0 bridgehead atoms. The van der Waals surface area contributed by atoms with Crippen molar-refractivity contribution in [3.63, 3.8) is 0 Å². The summed E-state index contributed by atoms with van der Waals surface area (Å²) < 4.78 is 37.2. The van der Waals surface area contributed by atoms with E-state index in [4.69, 9.17) is 5.73 Å². The minimum Gasteiger partial charge on any atom is -0.325 e. The molecule has 7 heteroatoms. The Morgan fingerprint density at radius 1 is 1.11 bits per heavy atom. The molecule has 1 aromatic carbocycles. The van der Waals surface area contributed by atoms with Crippen molar-refractivity contribution in [3.05, 3.63) is 47.8 Å². The first-order valence-corrected chi connectivity index (χ1v) is 5.45. The average Bonchev–Trinajstić information content (AvgIpc) is 2.38.